The lowest BCUT2D eigenvalue weighted by atomic mass is 9.73. The summed E-state index contributed by atoms with van der Waals surface area (Å²) < 4.78 is 10.6. The number of ether oxygens (including phenoxy) is 1. The molecule has 4 heteroatoms. The molecule has 0 saturated heterocycles. The quantitative estimate of drug-likeness (QED) is 0.275. The number of esters is 1. The van der Waals surface area contributed by atoms with Gasteiger partial charge in [-0.05, 0) is 80.0 Å². The molecule has 1 aromatic carbocycles. The minimum atomic E-state index is -0.127. The van der Waals surface area contributed by atoms with Crippen LogP contribution >= 0.6 is 11.8 Å². The molecule has 0 bridgehead atoms. The van der Waals surface area contributed by atoms with Crippen molar-refractivity contribution in [2.45, 2.75) is 76.0 Å². The van der Waals surface area contributed by atoms with Crippen molar-refractivity contribution in [2.24, 2.45) is 0 Å². The summed E-state index contributed by atoms with van der Waals surface area (Å²) in [5, 5.41) is 0. The van der Waals surface area contributed by atoms with Crippen LogP contribution in [0.2, 0.25) is 0 Å². The molecule has 3 nitrogen and oxygen atoms in total. The van der Waals surface area contributed by atoms with Crippen LogP contribution in [0.1, 0.15) is 81.7 Å². The van der Waals surface area contributed by atoms with Crippen LogP contribution in [-0.2, 0) is 21.4 Å². The smallest absolute Gasteiger partial charge is 0.305 e. The molecule has 0 fully saturated rings. The van der Waals surface area contributed by atoms with Crippen LogP contribution in [0.15, 0.2) is 39.8 Å². The first kappa shape index (κ1) is 22.6. The molecule has 0 amide bonds. The fourth-order valence-electron chi connectivity index (χ4n) is 4.20. The molecule has 0 saturated carbocycles. The van der Waals surface area contributed by atoms with E-state index < -0.39 is 0 Å². The maximum atomic E-state index is 11.5. The molecule has 0 N–H and O–H groups in total. The van der Waals surface area contributed by atoms with Gasteiger partial charge in [0.1, 0.15) is 5.76 Å². The molecule has 2 aromatic rings. The van der Waals surface area contributed by atoms with Gasteiger partial charge in [0, 0.05) is 23.3 Å². The SMILES string of the molecule is CCOC(=O)CCCCc1occc1C#Cc1ccc2c(c1)C(CC)(CC)CCS2. The maximum absolute atomic E-state index is 11.5. The molecule has 1 aromatic heterocycles. The van der Waals surface area contributed by atoms with E-state index in [2.05, 4.69) is 43.9 Å². The number of furan rings is 1. The second-order valence-corrected chi connectivity index (χ2v) is 8.95. The van der Waals surface area contributed by atoms with E-state index in [1.165, 1.54) is 35.5 Å². The summed E-state index contributed by atoms with van der Waals surface area (Å²) in [5.41, 5.74) is 3.77. The molecule has 30 heavy (non-hydrogen) atoms. The second-order valence-electron chi connectivity index (χ2n) is 7.82. The Morgan fingerprint density at radius 3 is 2.77 bits per heavy atom. The Labute approximate surface area is 185 Å². The zero-order chi connectivity index (χ0) is 21.4. The Morgan fingerprint density at radius 1 is 1.17 bits per heavy atom. The predicted octanol–water partition coefficient (Wildman–Crippen LogP) is 6.51. The normalized spacial score (nSPS) is 14.5. The predicted molar refractivity (Wildman–Crippen MR) is 123 cm³/mol. The summed E-state index contributed by atoms with van der Waals surface area (Å²) in [6.07, 6.45) is 8.21. The Bertz CT molecular complexity index is 912. The Morgan fingerprint density at radius 2 is 2.00 bits per heavy atom. The third-order valence-corrected chi connectivity index (χ3v) is 7.24. The fourth-order valence-corrected chi connectivity index (χ4v) is 5.50. The molecule has 0 atom stereocenters. The number of aryl methyl sites for hydroxylation is 1. The van der Waals surface area contributed by atoms with Crippen molar-refractivity contribution in [1.82, 2.24) is 0 Å². The molecule has 0 unspecified atom stereocenters. The third-order valence-electron chi connectivity index (χ3n) is 6.17. The Hall–Kier alpha value is -2.12. The second kappa shape index (κ2) is 10.8. The summed E-state index contributed by atoms with van der Waals surface area (Å²) in [6, 6.07) is 8.62. The van der Waals surface area contributed by atoms with Gasteiger partial charge in [0.2, 0.25) is 0 Å². The monoisotopic (exact) mass is 424 g/mol. The summed E-state index contributed by atoms with van der Waals surface area (Å²) in [7, 11) is 0. The summed E-state index contributed by atoms with van der Waals surface area (Å²) >= 11 is 1.97. The van der Waals surface area contributed by atoms with Crippen molar-refractivity contribution in [3.05, 3.63) is 53.0 Å². The van der Waals surface area contributed by atoms with Gasteiger partial charge >= 0.3 is 5.97 Å². The Kier molecular flexibility index (Phi) is 8.10. The molecule has 0 radical (unpaired) electrons. The summed E-state index contributed by atoms with van der Waals surface area (Å²) in [5.74, 6) is 8.64. The number of unbranched alkanes of at least 4 members (excludes halogenated alkanes) is 1. The third kappa shape index (κ3) is 5.32. The van der Waals surface area contributed by atoms with Gasteiger partial charge in [-0.3, -0.25) is 4.79 Å². The maximum Gasteiger partial charge on any atom is 0.305 e. The zero-order valence-corrected chi connectivity index (χ0v) is 19.2. The van der Waals surface area contributed by atoms with Crippen LogP contribution in [0.3, 0.4) is 0 Å². The molecule has 1 aliphatic heterocycles. The minimum absolute atomic E-state index is 0.127. The van der Waals surface area contributed by atoms with Crippen molar-refractivity contribution in [2.75, 3.05) is 12.4 Å². The van der Waals surface area contributed by atoms with Crippen molar-refractivity contribution in [3.8, 4) is 11.8 Å². The van der Waals surface area contributed by atoms with Gasteiger partial charge in [-0.25, -0.2) is 0 Å². The van der Waals surface area contributed by atoms with Crippen LogP contribution in [0.5, 0.6) is 0 Å². The van der Waals surface area contributed by atoms with E-state index in [9.17, 15) is 4.79 Å². The van der Waals surface area contributed by atoms with Crippen molar-refractivity contribution in [3.63, 3.8) is 0 Å². The first-order valence-corrected chi connectivity index (χ1v) is 12.1. The highest BCUT2D eigenvalue weighted by molar-refractivity contribution is 7.99. The van der Waals surface area contributed by atoms with Gasteiger partial charge in [0.05, 0.1) is 18.4 Å². The van der Waals surface area contributed by atoms with Gasteiger partial charge < -0.3 is 9.15 Å². The largest absolute Gasteiger partial charge is 0.468 e. The van der Waals surface area contributed by atoms with Crippen molar-refractivity contribution < 1.29 is 13.9 Å². The van der Waals surface area contributed by atoms with Crippen LogP contribution in [0.25, 0.3) is 0 Å². The van der Waals surface area contributed by atoms with E-state index in [0.29, 0.717) is 13.0 Å². The lowest BCUT2D eigenvalue weighted by molar-refractivity contribution is -0.143. The van der Waals surface area contributed by atoms with Gasteiger partial charge in [0.25, 0.3) is 0 Å². The number of rotatable bonds is 8. The van der Waals surface area contributed by atoms with E-state index >= 15 is 0 Å². The molecule has 160 valence electrons. The zero-order valence-electron chi connectivity index (χ0n) is 18.4. The van der Waals surface area contributed by atoms with E-state index in [4.69, 9.17) is 9.15 Å². The van der Waals surface area contributed by atoms with E-state index in [-0.39, 0.29) is 11.4 Å². The number of fused-ring (bicyclic) bond motifs is 1. The molecular formula is C26H32O3S. The van der Waals surface area contributed by atoms with Gasteiger partial charge in [0.15, 0.2) is 0 Å². The van der Waals surface area contributed by atoms with Crippen LogP contribution in [0, 0.1) is 11.8 Å². The average molecular weight is 425 g/mol. The lowest BCUT2D eigenvalue weighted by Crippen LogP contribution is -2.28. The number of thioether (sulfide) groups is 1. The molecule has 0 aliphatic carbocycles. The van der Waals surface area contributed by atoms with E-state index in [1.807, 2.05) is 24.8 Å². The number of hydrogen-bond donors (Lipinski definition) is 0. The highest BCUT2D eigenvalue weighted by Gasteiger charge is 2.33. The Balaban J connectivity index is 1.69. The molecule has 2 heterocycles. The standard InChI is InChI=1S/C26H32O3S/c1-4-26(5-2)16-18-30-24-14-12-20(19-22(24)26)11-13-21-15-17-29-23(21)9-7-8-10-25(27)28-6-3/h12,14-15,17,19H,4-10,16,18H2,1-3H3. The van der Waals surface area contributed by atoms with Crippen LogP contribution < -0.4 is 0 Å². The van der Waals surface area contributed by atoms with E-state index in [0.717, 1.165) is 36.1 Å². The van der Waals surface area contributed by atoms with Gasteiger partial charge in [-0.2, -0.15) is 0 Å². The molecule has 1 aliphatic rings. The van der Waals surface area contributed by atoms with Gasteiger partial charge in [-0.15, -0.1) is 11.8 Å². The van der Waals surface area contributed by atoms with Crippen molar-refractivity contribution >= 4 is 17.7 Å². The first-order valence-electron chi connectivity index (χ1n) is 11.1. The first-order chi connectivity index (χ1) is 14.6. The number of benzene rings is 1. The summed E-state index contributed by atoms with van der Waals surface area (Å²) in [6.45, 7) is 6.88. The lowest BCUT2D eigenvalue weighted by Gasteiger charge is -2.37. The molecular weight excluding hydrogens is 392 g/mol. The molecule has 0 spiro atoms. The number of carbonyl (C=O) groups excluding carboxylic acids is 1. The number of hydrogen-bond acceptors (Lipinski definition) is 4. The van der Waals surface area contributed by atoms with Gasteiger partial charge in [-0.1, -0.05) is 25.7 Å². The van der Waals surface area contributed by atoms with E-state index in [1.54, 1.807) is 6.26 Å². The average Bonchev–Trinajstić information content (AvgIpc) is 3.22. The fraction of sp³-hybridized carbons (Fsp3) is 0.500. The summed E-state index contributed by atoms with van der Waals surface area (Å²) in [4.78, 5) is 12.9. The molecule has 3 rings (SSSR count). The number of carbonyl (C=O) groups is 1. The highest BCUT2D eigenvalue weighted by atomic mass is 32.2. The topological polar surface area (TPSA) is 39.4 Å². The van der Waals surface area contributed by atoms with Crippen molar-refractivity contribution in [1.29, 1.82) is 0 Å². The van der Waals surface area contributed by atoms with Crippen LogP contribution in [0.4, 0.5) is 0 Å². The highest BCUT2D eigenvalue weighted by Crippen LogP contribution is 2.46. The van der Waals surface area contributed by atoms with Crippen LogP contribution in [-0.4, -0.2) is 18.3 Å². The minimum Gasteiger partial charge on any atom is -0.468 e.